The lowest BCUT2D eigenvalue weighted by Crippen LogP contribution is -2.49. The molecule has 6 heteroatoms. The molecule has 0 radical (unpaired) electrons. The average Bonchev–Trinajstić information content (AvgIpc) is 2.99. The molecule has 0 aromatic carbocycles. The Morgan fingerprint density at radius 1 is 1.33 bits per heavy atom. The van der Waals surface area contributed by atoms with Crippen molar-refractivity contribution in [2.24, 2.45) is 5.92 Å². The van der Waals surface area contributed by atoms with E-state index in [4.69, 9.17) is 4.74 Å². The highest BCUT2D eigenvalue weighted by molar-refractivity contribution is 5.76. The number of aryl methyl sites for hydroxylation is 1. The molecule has 1 saturated heterocycles. The number of hydrogen-bond acceptors (Lipinski definition) is 4. The fourth-order valence-electron chi connectivity index (χ4n) is 2.60. The summed E-state index contributed by atoms with van der Waals surface area (Å²) in [6, 6.07) is 3.86. The molecule has 3 atom stereocenters. The van der Waals surface area contributed by atoms with Crippen molar-refractivity contribution in [1.82, 2.24) is 9.47 Å². The molecule has 0 unspecified atom stereocenters. The highest BCUT2D eigenvalue weighted by atomic mass is 16.5. The summed E-state index contributed by atoms with van der Waals surface area (Å²) >= 11 is 0. The Morgan fingerprint density at radius 3 is 2.71 bits per heavy atom. The second kappa shape index (κ2) is 7.59. The van der Waals surface area contributed by atoms with Gasteiger partial charge in [0.05, 0.1) is 19.3 Å². The van der Waals surface area contributed by atoms with Crippen molar-refractivity contribution in [3.63, 3.8) is 0 Å². The summed E-state index contributed by atoms with van der Waals surface area (Å²) < 4.78 is 7.22. The van der Waals surface area contributed by atoms with Crippen LogP contribution >= 0.6 is 0 Å². The van der Waals surface area contributed by atoms with E-state index in [1.165, 1.54) is 0 Å². The summed E-state index contributed by atoms with van der Waals surface area (Å²) in [5.41, 5.74) is 0. The largest absolute Gasteiger partial charge is 0.390 e. The van der Waals surface area contributed by atoms with E-state index < -0.39 is 12.2 Å². The van der Waals surface area contributed by atoms with E-state index in [-0.39, 0.29) is 18.4 Å². The minimum atomic E-state index is -0.863. The molecule has 0 spiro atoms. The fraction of sp³-hybridized carbons (Fsp3) is 0.667. The van der Waals surface area contributed by atoms with Gasteiger partial charge in [0, 0.05) is 44.4 Å². The average molecular weight is 296 g/mol. The summed E-state index contributed by atoms with van der Waals surface area (Å²) in [5, 5.41) is 19.6. The molecule has 2 rings (SSSR count). The zero-order valence-corrected chi connectivity index (χ0v) is 12.4. The topological polar surface area (TPSA) is 74.9 Å². The van der Waals surface area contributed by atoms with E-state index in [0.717, 1.165) is 0 Å². The van der Waals surface area contributed by atoms with Crippen LogP contribution in [0.4, 0.5) is 0 Å². The number of nitrogens with zero attached hydrogens (tertiary/aromatic N) is 2. The van der Waals surface area contributed by atoms with Gasteiger partial charge >= 0.3 is 0 Å². The quantitative estimate of drug-likeness (QED) is 0.780. The standard InChI is InChI=1S/C15H24N2O4/c1-2-17(9-12-10-21-11-13(18)15(12)20)14(19)5-8-16-6-3-4-7-16/h3-4,6-7,12-13,15,18,20H,2,5,8-11H2,1H3/t12-,13-,15+/m1/s1. The Bertz CT molecular complexity index is 435. The van der Waals surface area contributed by atoms with Gasteiger partial charge < -0.3 is 24.4 Å². The molecule has 1 aliphatic rings. The second-order valence-electron chi connectivity index (χ2n) is 5.46. The number of hydrogen-bond donors (Lipinski definition) is 2. The predicted molar refractivity (Wildman–Crippen MR) is 77.6 cm³/mol. The van der Waals surface area contributed by atoms with Gasteiger partial charge in [-0.3, -0.25) is 4.79 Å². The lowest BCUT2D eigenvalue weighted by atomic mass is 9.96. The first-order chi connectivity index (χ1) is 10.1. The van der Waals surface area contributed by atoms with Crippen molar-refractivity contribution in [2.45, 2.75) is 32.1 Å². The molecular weight excluding hydrogens is 272 g/mol. The molecule has 1 fully saturated rings. The van der Waals surface area contributed by atoms with Crippen molar-refractivity contribution >= 4 is 5.91 Å². The summed E-state index contributed by atoms with van der Waals surface area (Å²) in [7, 11) is 0. The van der Waals surface area contributed by atoms with Crippen molar-refractivity contribution in [1.29, 1.82) is 0 Å². The van der Waals surface area contributed by atoms with Gasteiger partial charge in [0.1, 0.15) is 6.10 Å². The maximum atomic E-state index is 12.3. The first-order valence-corrected chi connectivity index (χ1v) is 7.44. The second-order valence-corrected chi connectivity index (χ2v) is 5.46. The van der Waals surface area contributed by atoms with E-state index in [1.54, 1.807) is 4.90 Å². The van der Waals surface area contributed by atoms with Crippen LogP contribution in [0.5, 0.6) is 0 Å². The van der Waals surface area contributed by atoms with E-state index in [1.807, 2.05) is 36.0 Å². The van der Waals surface area contributed by atoms with E-state index in [0.29, 0.717) is 32.7 Å². The lowest BCUT2D eigenvalue weighted by Gasteiger charge is -2.35. The monoisotopic (exact) mass is 296 g/mol. The Hall–Kier alpha value is -1.37. The van der Waals surface area contributed by atoms with Crippen molar-refractivity contribution in [3.05, 3.63) is 24.5 Å². The van der Waals surface area contributed by atoms with Crippen LogP contribution in [0.2, 0.25) is 0 Å². The third-order valence-electron chi connectivity index (χ3n) is 3.94. The summed E-state index contributed by atoms with van der Waals surface area (Å²) in [6.07, 6.45) is 2.59. The van der Waals surface area contributed by atoms with Crippen molar-refractivity contribution < 1.29 is 19.7 Å². The number of ether oxygens (including phenoxy) is 1. The van der Waals surface area contributed by atoms with E-state index >= 15 is 0 Å². The van der Waals surface area contributed by atoms with Crippen molar-refractivity contribution in [3.8, 4) is 0 Å². The highest BCUT2D eigenvalue weighted by Crippen LogP contribution is 2.17. The molecule has 1 aromatic heterocycles. The van der Waals surface area contributed by atoms with E-state index in [9.17, 15) is 15.0 Å². The number of amides is 1. The zero-order valence-electron chi connectivity index (χ0n) is 12.4. The number of rotatable bonds is 6. The Balaban J connectivity index is 1.85. The van der Waals surface area contributed by atoms with Crippen LogP contribution in [-0.4, -0.2) is 64.1 Å². The van der Waals surface area contributed by atoms with Gasteiger partial charge in [-0.2, -0.15) is 0 Å². The molecular formula is C15H24N2O4. The van der Waals surface area contributed by atoms with Gasteiger partial charge in [-0.1, -0.05) is 0 Å². The van der Waals surface area contributed by atoms with Crippen LogP contribution in [0.15, 0.2) is 24.5 Å². The summed E-state index contributed by atoms with van der Waals surface area (Å²) in [5.74, 6) is -0.178. The molecule has 118 valence electrons. The molecule has 0 aliphatic carbocycles. The van der Waals surface area contributed by atoms with Gasteiger partial charge in [-0.25, -0.2) is 0 Å². The minimum Gasteiger partial charge on any atom is -0.390 e. The van der Waals surface area contributed by atoms with Gasteiger partial charge in [0.15, 0.2) is 0 Å². The van der Waals surface area contributed by atoms with Crippen LogP contribution in [0.25, 0.3) is 0 Å². The molecule has 2 N–H and O–H groups in total. The van der Waals surface area contributed by atoms with Crippen LogP contribution in [0.3, 0.4) is 0 Å². The van der Waals surface area contributed by atoms with Gasteiger partial charge in [0.25, 0.3) is 0 Å². The van der Waals surface area contributed by atoms with Gasteiger partial charge in [-0.15, -0.1) is 0 Å². The maximum absolute atomic E-state index is 12.3. The molecule has 21 heavy (non-hydrogen) atoms. The smallest absolute Gasteiger partial charge is 0.224 e. The number of aromatic nitrogens is 1. The lowest BCUT2D eigenvalue weighted by molar-refractivity contribution is -0.141. The molecule has 1 amide bonds. The van der Waals surface area contributed by atoms with Crippen LogP contribution < -0.4 is 0 Å². The third kappa shape index (κ3) is 4.30. The first kappa shape index (κ1) is 16.0. The van der Waals surface area contributed by atoms with Crippen LogP contribution in [0.1, 0.15) is 13.3 Å². The fourth-order valence-corrected chi connectivity index (χ4v) is 2.60. The first-order valence-electron chi connectivity index (χ1n) is 7.44. The maximum Gasteiger partial charge on any atom is 0.224 e. The van der Waals surface area contributed by atoms with Gasteiger partial charge in [-0.05, 0) is 19.1 Å². The zero-order chi connectivity index (χ0) is 15.2. The predicted octanol–water partition coefficient (Wildman–Crippen LogP) is 0.0949. The highest BCUT2D eigenvalue weighted by Gasteiger charge is 2.33. The Labute approximate surface area is 124 Å². The van der Waals surface area contributed by atoms with Crippen LogP contribution in [-0.2, 0) is 16.1 Å². The van der Waals surface area contributed by atoms with Crippen LogP contribution in [0, 0.1) is 5.92 Å². The third-order valence-corrected chi connectivity index (χ3v) is 3.94. The Morgan fingerprint density at radius 2 is 2.05 bits per heavy atom. The molecule has 0 saturated carbocycles. The summed E-state index contributed by atoms with van der Waals surface area (Å²) in [6.45, 7) is 4.10. The number of aliphatic hydroxyl groups excluding tert-OH is 2. The van der Waals surface area contributed by atoms with Gasteiger partial charge in [0.2, 0.25) is 5.91 Å². The normalized spacial score (nSPS) is 25.8. The van der Waals surface area contributed by atoms with E-state index in [2.05, 4.69) is 0 Å². The minimum absolute atomic E-state index is 0.0541. The molecule has 6 nitrogen and oxygen atoms in total. The summed E-state index contributed by atoms with van der Waals surface area (Å²) in [4.78, 5) is 14.0. The molecule has 1 aromatic rings. The number of carbonyl (C=O) groups is 1. The Kier molecular flexibility index (Phi) is 5.78. The number of carbonyl (C=O) groups excluding carboxylic acids is 1. The molecule has 0 bridgehead atoms. The van der Waals surface area contributed by atoms with Crippen molar-refractivity contribution in [2.75, 3.05) is 26.3 Å². The number of aliphatic hydroxyl groups is 2. The molecule has 1 aliphatic heterocycles. The SMILES string of the molecule is CCN(C[C@@H]1COC[C@@H](O)[C@H]1O)C(=O)CCn1cccc1. The molecule has 2 heterocycles.